The third kappa shape index (κ3) is 11.8. The Balaban J connectivity index is 1.77. The molecule has 12 heteroatoms. The molecule has 1 saturated heterocycles. The van der Waals surface area contributed by atoms with Crippen LogP contribution in [-0.4, -0.2) is 82.0 Å². The zero-order valence-electron chi connectivity index (χ0n) is 23.7. The quantitative estimate of drug-likeness (QED) is 0.346. The third-order valence-electron chi connectivity index (χ3n) is 6.22. The molecule has 1 aliphatic heterocycles. The number of rotatable bonds is 13. The van der Waals surface area contributed by atoms with E-state index in [0.29, 0.717) is 49.8 Å². The lowest BCUT2D eigenvalue weighted by molar-refractivity contribution is -0.142. The van der Waals surface area contributed by atoms with E-state index in [-0.39, 0.29) is 18.4 Å². The van der Waals surface area contributed by atoms with Gasteiger partial charge in [-0.05, 0) is 76.6 Å². The maximum absolute atomic E-state index is 12.6. The zero-order valence-corrected chi connectivity index (χ0v) is 24.5. The normalized spacial score (nSPS) is 15.4. The van der Waals surface area contributed by atoms with Crippen molar-refractivity contribution in [2.75, 3.05) is 39.1 Å². The molecule has 1 unspecified atom stereocenters. The van der Waals surface area contributed by atoms with Crippen molar-refractivity contribution in [3.8, 4) is 5.75 Å². The van der Waals surface area contributed by atoms with Gasteiger partial charge in [-0.3, -0.25) is 9.59 Å². The molecule has 2 rings (SSSR count). The molecule has 220 valence electrons. The van der Waals surface area contributed by atoms with Crippen molar-refractivity contribution >= 4 is 28.0 Å². The molecule has 0 saturated carbocycles. The number of carbonyl (C=O) groups is 3. The Morgan fingerprint density at radius 1 is 1.10 bits per heavy atom. The molecule has 1 aromatic carbocycles. The third-order valence-corrected chi connectivity index (χ3v) is 7.69. The molecule has 1 aliphatic rings. The molecular weight excluding hydrogens is 526 g/mol. The Morgan fingerprint density at radius 3 is 2.31 bits per heavy atom. The number of esters is 1. The van der Waals surface area contributed by atoms with Gasteiger partial charge in [0.25, 0.3) is 5.91 Å². The monoisotopic (exact) mass is 569 g/mol. The van der Waals surface area contributed by atoms with Gasteiger partial charge in [0.05, 0.1) is 19.5 Å². The van der Waals surface area contributed by atoms with Crippen molar-refractivity contribution in [2.45, 2.75) is 71.4 Å². The highest BCUT2D eigenvalue weighted by Gasteiger charge is 2.27. The van der Waals surface area contributed by atoms with E-state index >= 15 is 0 Å². The van der Waals surface area contributed by atoms with E-state index in [9.17, 15) is 22.8 Å². The van der Waals surface area contributed by atoms with Gasteiger partial charge in [-0.25, -0.2) is 13.2 Å². The molecule has 2 N–H and O–H groups in total. The van der Waals surface area contributed by atoms with Gasteiger partial charge >= 0.3 is 12.1 Å². The molecule has 1 atom stereocenters. The molecular formula is C27H43N3O8S. The number of hydrogen-bond donors (Lipinski definition) is 2. The first-order chi connectivity index (χ1) is 18.3. The summed E-state index contributed by atoms with van der Waals surface area (Å²) in [6.07, 6.45) is 3.52. The molecule has 0 radical (unpaired) electrons. The van der Waals surface area contributed by atoms with Gasteiger partial charge < -0.3 is 24.4 Å². The van der Waals surface area contributed by atoms with Crippen molar-refractivity contribution in [1.29, 1.82) is 0 Å². The number of sulfonamides is 1. The molecule has 39 heavy (non-hydrogen) atoms. The topological polar surface area (TPSA) is 140 Å². The van der Waals surface area contributed by atoms with Gasteiger partial charge in [-0.2, -0.15) is 4.72 Å². The van der Waals surface area contributed by atoms with E-state index < -0.39 is 33.5 Å². The van der Waals surface area contributed by atoms with Gasteiger partial charge in [0.1, 0.15) is 17.4 Å². The fourth-order valence-corrected chi connectivity index (χ4v) is 5.40. The first-order valence-corrected chi connectivity index (χ1v) is 15.1. The average molecular weight is 570 g/mol. The summed E-state index contributed by atoms with van der Waals surface area (Å²) in [5.74, 6) is -0.281. The maximum atomic E-state index is 12.6. The first kappa shape index (κ1) is 32.4. The van der Waals surface area contributed by atoms with Gasteiger partial charge in [-0.1, -0.05) is 13.3 Å². The number of piperidine rings is 1. The van der Waals surface area contributed by atoms with E-state index in [1.54, 1.807) is 29.2 Å². The minimum Gasteiger partial charge on any atom is -0.494 e. The van der Waals surface area contributed by atoms with Crippen molar-refractivity contribution in [2.24, 2.45) is 5.92 Å². The van der Waals surface area contributed by atoms with Gasteiger partial charge in [-0.15, -0.1) is 0 Å². The van der Waals surface area contributed by atoms with Crippen molar-refractivity contribution in [3.05, 3.63) is 29.8 Å². The molecule has 0 aliphatic carbocycles. The highest BCUT2D eigenvalue weighted by molar-refractivity contribution is 7.89. The summed E-state index contributed by atoms with van der Waals surface area (Å²) in [7, 11) is -2.53. The van der Waals surface area contributed by atoms with Crippen LogP contribution in [0.15, 0.2) is 24.3 Å². The zero-order chi connectivity index (χ0) is 29.1. The van der Waals surface area contributed by atoms with Crippen LogP contribution in [0.4, 0.5) is 4.79 Å². The average Bonchev–Trinajstić information content (AvgIpc) is 2.89. The minimum absolute atomic E-state index is 0.113. The highest BCUT2D eigenvalue weighted by atomic mass is 32.2. The summed E-state index contributed by atoms with van der Waals surface area (Å²) in [5, 5.41) is 2.58. The van der Waals surface area contributed by atoms with Crippen molar-refractivity contribution in [1.82, 2.24) is 14.9 Å². The standard InChI is InChI=1S/C27H43N3O8S/c1-6-7-18-39(34,35)29-23(25(32)36-5)19-28-24(31)21-8-10-22(11-9-21)37-17-14-20-12-15-30(16-13-20)26(33)38-27(2,3)4/h8-11,20,23,29H,6-7,12-19H2,1-5H3,(H,28,31). The Bertz CT molecular complexity index is 1050. The van der Waals surface area contributed by atoms with Gasteiger partial charge in [0.15, 0.2) is 0 Å². The van der Waals surface area contributed by atoms with Crippen LogP contribution < -0.4 is 14.8 Å². The SMILES string of the molecule is CCCCS(=O)(=O)NC(CNC(=O)c1ccc(OCCC2CCN(C(=O)OC(C)(C)C)CC2)cc1)C(=O)OC. The fraction of sp³-hybridized carbons (Fsp3) is 0.667. The molecule has 1 heterocycles. The van der Waals surface area contributed by atoms with Crippen LogP contribution >= 0.6 is 0 Å². The molecule has 1 aromatic rings. The summed E-state index contributed by atoms with van der Waals surface area (Å²) in [4.78, 5) is 38.5. The van der Waals surface area contributed by atoms with E-state index in [2.05, 4.69) is 14.8 Å². The van der Waals surface area contributed by atoms with Gasteiger partial charge in [0, 0.05) is 25.2 Å². The second-order valence-corrected chi connectivity index (χ2v) is 12.5. The Hall–Kier alpha value is -2.86. The first-order valence-electron chi connectivity index (χ1n) is 13.4. The number of nitrogens with zero attached hydrogens (tertiary/aromatic N) is 1. The van der Waals surface area contributed by atoms with E-state index in [4.69, 9.17) is 9.47 Å². The summed E-state index contributed by atoms with van der Waals surface area (Å²) >= 11 is 0. The van der Waals surface area contributed by atoms with Crippen molar-refractivity contribution in [3.63, 3.8) is 0 Å². The van der Waals surface area contributed by atoms with Crippen molar-refractivity contribution < 1.29 is 37.0 Å². The van der Waals surface area contributed by atoms with Gasteiger partial charge in [0.2, 0.25) is 10.0 Å². The second kappa shape index (κ2) is 15.1. The number of hydrogen-bond acceptors (Lipinski definition) is 8. The molecule has 0 spiro atoms. The molecule has 0 bridgehead atoms. The Morgan fingerprint density at radius 2 is 1.74 bits per heavy atom. The lowest BCUT2D eigenvalue weighted by Crippen LogP contribution is -2.49. The van der Waals surface area contributed by atoms with Crippen LogP contribution in [0.3, 0.4) is 0 Å². The Kier molecular flexibility index (Phi) is 12.5. The predicted molar refractivity (Wildman–Crippen MR) is 147 cm³/mol. The fourth-order valence-electron chi connectivity index (χ4n) is 4.00. The van der Waals surface area contributed by atoms with Crippen LogP contribution in [0.2, 0.25) is 0 Å². The van der Waals surface area contributed by atoms with Crippen LogP contribution in [0.1, 0.15) is 70.2 Å². The number of benzene rings is 1. The predicted octanol–water partition coefficient (Wildman–Crippen LogP) is 3.09. The maximum Gasteiger partial charge on any atom is 0.410 e. The summed E-state index contributed by atoms with van der Waals surface area (Å²) < 4.78 is 42.6. The number of likely N-dealkylation sites (tertiary alicyclic amines) is 1. The van der Waals surface area contributed by atoms with Crippen LogP contribution in [0, 0.1) is 5.92 Å². The van der Waals surface area contributed by atoms with E-state index in [0.717, 1.165) is 26.4 Å². The lowest BCUT2D eigenvalue weighted by Gasteiger charge is -2.33. The number of methoxy groups -OCH3 is 1. The molecule has 11 nitrogen and oxygen atoms in total. The van der Waals surface area contributed by atoms with Crippen LogP contribution in [0.25, 0.3) is 0 Å². The number of unbranched alkanes of at least 4 members (excludes halogenated alkanes) is 1. The van der Waals surface area contributed by atoms with E-state index in [1.165, 1.54) is 0 Å². The number of carbonyl (C=O) groups excluding carboxylic acids is 3. The highest BCUT2D eigenvalue weighted by Crippen LogP contribution is 2.23. The number of nitrogens with one attached hydrogen (secondary N) is 2. The largest absolute Gasteiger partial charge is 0.494 e. The number of amides is 2. The molecule has 1 fully saturated rings. The Labute approximate surface area is 232 Å². The lowest BCUT2D eigenvalue weighted by atomic mass is 9.94. The summed E-state index contributed by atoms with van der Waals surface area (Å²) in [6, 6.07) is 5.35. The minimum atomic E-state index is -3.69. The smallest absolute Gasteiger partial charge is 0.410 e. The van der Waals surface area contributed by atoms with Crippen LogP contribution in [-0.2, 0) is 24.3 Å². The second-order valence-electron chi connectivity index (χ2n) is 10.6. The molecule has 2 amide bonds. The van der Waals surface area contributed by atoms with Crippen LogP contribution in [0.5, 0.6) is 5.75 Å². The summed E-state index contributed by atoms with van der Waals surface area (Å²) in [5.41, 5.74) is -0.160. The molecule has 0 aromatic heterocycles. The summed E-state index contributed by atoms with van der Waals surface area (Å²) in [6.45, 7) is 9.04. The van der Waals surface area contributed by atoms with E-state index in [1.807, 2.05) is 27.7 Å². The number of ether oxygens (including phenoxy) is 3.